The van der Waals surface area contributed by atoms with E-state index in [1.54, 1.807) is 12.1 Å². The maximum Gasteiger partial charge on any atom is 0.252 e. The number of nitrogens with zero attached hydrogens (tertiary/aromatic N) is 5. The monoisotopic (exact) mass is 534 g/mol. The Morgan fingerprint density at radius 2 is 2.03 bits per heavy atom. The number of aliphatic hydroxyl groups is 1. The number of ether oxygens (including phenoxy) is 1. The lowest BCUT2D eigenvalue weighted by atomic mass is 9.64. The van der Waals surface area contributed by atoms with Crippen LogP contribution in [0.25, 0.3) is 5.82 Å². The molecular formula is C27H31FN8O3. The number of nitrogens with one attached hydrogen (secondary N) is 3. The third-order valence-electron chi connectivity index (χ3n) is 6.84. The van der Waals surface area contributed by atoms with Gasteiger partial charge in [0.2, 0.25) is 0 Å². The summed E-state index contributed by atoms with van der Waals surface area (Å²) in [5.74, 6) is 0.882. The number of carbonyl (C=O) groups is 1. The van der Waals surface area contributed by atoms with Crippen molar-refractivity contribution in [1.82, 2.24) is 35.3 Å². The molecule has 4 heterocycles. The number of aryl methyl sites for hydroxylation is 2. The largest absolute Gasteiger partial charge is 0.383 e. The summed E-state index contributed by atoms with van der Waals surface area (Å²) in [5, 5.41) is 28.5. The quantitative estimate of drug-likeness (QED) is 0.257. The number of carbonyl (C=O) groups excluding carboxylic acids is 1. The van der Waals surface area contributed by atoms with E-state index in [2.05, 4.69) is 35.9 Å². The summed E-state index contributed by atoms with van der Waals surface area (Å²) in [6.45, 7) is 5.68. The van der Waals surface area contributed by atoms with E-state index in [1.165, 1.54) is 18.0 Å². The molecule has 4 aromatic heterocycles. The third-order valence-corrected chi connectivity index (χ3v) is 6.84. The number of anilines is 2. The van der Waals surface area contributed by atoms with Gasteiger partial charge in [-0.2, -0.15) is 10.2 Å². The van der Waals surface area contributed by atoms with Crippen LogP contribution in [0.2, 0.25) is 0 Å². The summed E-state index contributed by atoms with van der Waals surface area (Å²) < 4.78 is 20.3. The standard InChI is InChI=1S/C27H31FN8O3/c1-16-8-21(32-22(9-16)33-23-11-18(3)34-35-23)26(38)14-27(15-26,39-4)25(37)30-17(2)10-20-6-5-7-24(31-20)36-13-19(28)12-29-36/h5-9,11-13,17,38H,10,14-15H2,1-4H3,(H,30,37)(H2,32,33,34,35)/t17-,26?,27?/m0/s1. The Labute approximate surface area is 224 Å². The lowest BCUT2D eigenvalue weighted by Crippen LogP contribution is -2.64. The molecule has 5 rings (SSSR count). The van der Waals surface area contributed by atoms with E-state index in [4.69, 9.17) is 4.74 Å². The fraction of sp³-hybridized carbons (Fsp3) is 0.370. The summed E-state index contributed by atoms with van der Waals surface area (Å²) in [6.07, 6.45) is 2.92. The van der Waals surface area contributed by atoms with E-state index in [9.17, 15) is 14.3 Å². The van der Waals surface area contributed by atoms with E-state index in [-0.39, 0.29) is 24.8 Å². The Bertz CT molecular complexity index is 1490. The summed E-state index contributed by atoms with van der Waals surface area (Å²) >= 11 is 0. The fourth-order valence-corrected chi connectivity index (χ4v) is 4.91. The van der Waals surface area contributed by atoms with Crippen molar-refractivity contribution in [1.29, 1.82) is 0 Å². The van der Waals surface area contributed by atoms with Crippen molar-refractivity contribution in [3.63, 3.8) is 0 Å². The first kappa shape index (κ1) is 26.4. The van der Waals surface area contributed by atoms with Gasteiger partial charge >= 0.3 is 0 Å². The van der Waals surface area contributed by atoms with Gasteiger partial charge in [0.1, 0.15) is 11.4 Å². The van der Waals surface area contributed by atoms with Gasteiger partial charge in [-0.25, -0.2) is 19.0 Å². The number of methoxy groups -OCH3 is 1. The van der Waals surface area contributed by atoms with Gasteiger partial charge < -0.3 is 20.5 Å². The van der Waals surface area contributed by atoms with Crippen molar-refractivity contribution in [2.75, 3.05) is 12.4 Å². The number of hydrogen-bond acceptors (Lipinski definition) is 8. The van der Waals surface area contributed by atoms with Crippen LogP contribution in [0.4, 0.5) is 16.0 Å². The maximum absolute atomic E-state index is 13.3. The first-order valence-electron chi connectivity index (χ1n) is 12.6. The first-order chi connectivity index (χ1) is 18.6. The molecule has 0 aliphatic heterocycles. The van der Waals surface area contributed by atoms with E-state index in [0.717, 1.165) is 17.5 Å². The number of aromatic nitrogens is 6. The van der Waals surface area contributed by atoms with Crippen LogP contribution in [-0.2, 0) is 21.6 Å². The van der Waals surface area contributed by atoms with E-state index < -0.39 is 17.0 Å². The predicted molar refractivity (Wildman–Crippen MR) is 141 cm³/mol. The van der Waals surface area contributed by atoms with Gasteiger partial charge in [-0.1, -0.05) is 6.07 Å². The van der Waals surface area contributed by atoms with Crippen LogP contribution in [-0.4, -0.2) is 59.7 Å². The minimum Gasteiger partial charge on any atom is -0.383 e. The molecule has 1 atom stereocenters. The second kappa shape index (κ2) is 10.2. The molecule has 1 saturated carbocycles. The Kier molecular flexibility index (Phi) is 6.91. The topological polar surface area (TPSA) is 143 Å². The smallest absolute Gasteiger partial charge is 0.252 e. The van der Waals surface area contributed by atoms with Crippen molar-refractivity contribution in [2.24, 2.45) is 0 Å². The van der Waals surface area contributed by atoms with E-state index in [1.807, 2.05) is 45.0 Å². The molecular weight excluding hydrogens is 503 g/mol. The number of hydrogen-bond donors (Lipinski definition) is 4. The molecule has 12 heteroatoms. The van der Waals surface area contributed by atoms with Crippen LogP contribution in [0, 0.1) is 19.7 Å². The van der Waals surface area contributed by atoms with Crippen LogP contribution in [0.1, 0.15) is 42.4 Å². The molecule has 204 valence electrons. The fourth-order valence-electron chi connectivity index (χ4n) is 4.91. The molecule has 1 amide bonds. The molecule has 4 aromatic rings. The Balaban J connectivity index is 1.24. The average Bonchev–Trinajstić information content (AvgIpc) is 3.49. The van der Waals surface area contributed by atoms with Crippen LogP contribution >= 0.6 is 0 Å². The zero-order valence-electron chi connectivity index (χ0n) is 22.2. The minimum atomic E-state index is -1.32. The molecule has 0 radical (unpaired) electrons. The number of pyridine rings is 2. The first-order valence-corrected chi connectivity index (χ1v) is 12.6. The van der Waals surface area contributed by atoms with Gasteiger partial charge in [-0.05, 0) is 50.6 Å². The highest BCUT2D eigenvalue weighted by molar-refractivity contribution is 5.87. The Morgan fingerprint density at radius 1 is 1.23 bits per heavy atom. The van der Waals surface area contributed by atoms with E-state index >= 15 is 0 Å². The van der Waals surface area contributed by atoms with Gasteiger partial charge in [0.15, 0.2) is 23.1 Å². The summed E-state index contributed by atoms with van der Waals surface area (Å²) in [7, 11) is 1.47. The molecule has 0 saturated heterocycles. The lowest BCUT2D eigenvalue weighted by molar-refractivity contribution is -0.206. The van der Waals surface area contributed by atoms with Crippen LogP contribution < -0.4 is 10.6 Å². The van der Waals surface area contributed by atoms with Crippen LogP contribution in [0.5, 0.6) is 0 Å². The normalized spacial score (nSPS) is 21.3. The molecule has 1 fully saturated rings. The number of H-pyrrole nitrogens is 1. The second-order valence-electron chi connectivity index (χ2n) is 10.2. The molecule has 0 spiro atoms. The summed E-state index contributed by atoms with van der Waals surface area (Å²) in [4.78, 5) is 22.4. The lowest BCUT2D eigenvalue weighted by Gasteiger charge is -2.50. The zero-order valence-corrected chi connectivity index (χ0v) is 22.2. The Hall–Kier alpha value is -4.16. The van der Waals surface area contributed by atoms with Crippen molar-refractivity contribution < 1.29 is 19.0 Å². The molecule has 1 aliphatic rings. The van der Waals surface area contributed by atoms with Gasteiger partial charge in [0.05, 0.1) is 18.1 Å². The number of aromatic amines is 1. The third kappa shape index (κ3) is 5.52. The van der Waals surface area contributed by atoms with Gasteiger partial charge in [-0.3, -0.25) is 9.89 Å². The van der Waals surface area contributed by atoms with Crippen molar-refractivity contribution in [2.45, 2.75) is 57.3 Å². The van der Waals surface area contributed by atoms with Gasteiger partial charge in [0.25, 0.3) is 5.91 Å². The Morgan fingerprint density at radius 3 is 2.69 bits per heavy atom. The highest BCUT2D eigenvalue weighted by Crippen LogP contribution is 2.50. The number of rotatable bonds is 9. The molecule has 1 aliphatic carbocycles. The average molecular weight is 535 g/mol. The molecule has 0 unspecified atom stereocenters. The zero-order chi connectivity index (χ0) is 27.8. The molecule has 11 nitrogen and oxygen atoms in total. The highest BCUT2D eigenvalue weighted by Gasteiger charge is 2.60. The predicted octanol–water partition coefficient (Wildman–Crippen LogP) is 3.00. The highest BCUT2D eigenvalue weighted by atomic mass is 19.1. The van der Waals surface area contributed by atoms with Crippen LogP contribution in [0.3, 0.4) is 0 Å². The second-order valence-corrected chi connectivity index (χ2v) is 10.2. The van der Waals surface area contributed by atoms with Crippen molar-refractivity contribution >= 4 is 17.5 Å². The minimum absolute atomic E-state index is 0.0606. The van der Waals surface area contributed by atoms with Crippen molar-refractivity contribution in [3.8, 4) is 5.82 Å². The number of amides is 1. The molecule has 4 N–H and O–H groups in total. The summed E-state index contributed by atoms with van der Waals surface area (Å²) in [5.41, 5.74) is 0.470. The number of halogens is 1. The SMILES string of the molecule is COC1(C(=O)N[C@@H](C)Cc2cccc(-n3cc(F)cn3)n2)CC(O)(c2cc(C)cc(Nc3cc(C)[nH]n3)n2)C1. The van der Waals surface area contributed by atoms with E-state index in [0.29, 0.717) is 35.3 Å². The van der Waals surface area contributed by atoms with Crippen molar-refractivity contribution in [3.05, 3.63) is 77.3 Å². The molecule has 0 bridgehead atoms. The maximum atomic E-state index is 13.3. The molecule has 0 aromatic carbocycles. The van der Waals surface area contributed by atoms with Gasteiger partial charge in [-0.15, -0.1) is 0 Å². The van der Waals surface area contributed by atoms with Crippen LogP contribution in [0.15, 0.2) is 48.8 Å². The van der Waals surface area contributed by atoms with Gasteiger partial charge in [0, 0.05) is 49.9 Å². The molecule has 39 heavy (non-hydrogen) atoms. The summed E-state index contributed by atoms with van der Waals surface area (Å²) in [6, 6.07) is 10.6.